The number of hydrogen-bond donors (Lipinski definition) is 1. The summed E-state index contributed by atoms with van der Waals surface area (Å²) in [6.45, 7) is 2.96. The van der Waals surface area contributed by atoms with Crippen LogP contribution >= 0.6 is 12.4 Å². The number of carbonyl (C=O) groups is 1. The van der Waals surface area contributed by atoms with Crippen LogP contribution < -0.4 is 5.73 Å². The molecule has 1 saturated heterocycles. The van der Waals surface area contributed by atoms with Crippen LogP contribution in [0.2, 0.25) is 0 Å². The van der Waals surface area contributed by atoms with Crippen LogP contribution in [0.4, 0.5) is 0 Å². The third-order valence-electron chi connectivity index (χ3n) is 4.13. The maximum atomic E-state index is 12.1. The summed E-state index contributed by atoms with van der Waals surface area (Å²) >= 11 is 0. The van der Waals surface area contributed by atoms with Gasteiger partial charge in [0.2, 0.25) is 5.91 Å². The number of amides is 1. The first-order valence-corrected chi connectivity index (χ1v) is 6.73. The highest BCUT2D eigenvalue weighted by atomic mass is 35.5. The Morgan fingerprint density at radius 3 is 2.76 bits per heavy atom. The van der Waals surface area contributed by atoms with E-state index in [-0.39, 0.29) is 18.4 Å². The van der Waals surface area contributed by atoms with Gasteiger partial charge >= 0.3 is 0 Å². The minimum absolute atomic E-state index is 0. The number of rotatable bonds is 3. The summed E-state index contributed by atoms with van der Waals surface area (Å²) in [4.78, 5) is 14.3. The zero-order valence-electron chi connectivity index (χ0n) is 10.7. The Bertz CT molecular complexity index is 258. The van der Waals surface area contributed by atoms with Gasteiger partial charge in [0.15, 0.2) is 0 Å². The summed E-state index contributed by atoms with van der Waals surface area (Å²) in [7, 11) is 0. The van der Waals surface area contributed by atoms with E-state index in [0.717, 1.165) is 18.9 Å². The summed E-state index contributed by atoms with van der Waals surface area (Å²) in [5, 5.41) is 0. The minimum atomic E-state index is 0. The van der Waals surface area contributed by atoms with Crippen LogP contribution in [0.3, 0.4) is 0 Å². The summed E-state index contributed by atoms with van der Waals surface area (Å²) < 4.78 is 0. The van der Waals surface area contributed by atoms with Gasteiger partial charge in [-0.15, -0.1) is 12.4 Å². The molecule has 1 heterocycles. The first-order valence-electron chi connectivity index (χ1n) is 6.73. The van der Waals surface area contributed by atoms with E-state index in [1.807, 2.05) is 6.92 Å². The number of fused-ring (bicyclic) bond motifs is 1. The van der Waals surface area contributed by atoms with Crippen molar-refractivity contribution in [1.82, 2.24) is 4.90 Å². The Hall–Kier alpha value is -0.280. The second kappa shape index (κ2) is 6.60. The molecule has 3 unspecified atom stereocenters. The molecule has 0 aromatic heterocycles. The molecular formula is C13H25ClN2O. The maximum Gasteiger partial charge on any atom is 0.222 e. The lowest BCUT2D eigenvalue weighted by atomic mass is 9.91. The molecular weight excluding hydrogens is 236 g/mol. The van der Waals surface area contributed by atoms with Gasteiger partial charge in [-0.05, 0) is 44.9 Å². The van der Waals surface area contributed by atoms with E-state index in [4.69, 9.17) is 5.73 Å². The monoisotopic (exact) mass is 260 g/mol. The standard InChI is InChI=1S/C13H24N2O.ClH/c1-10(14)7-8-13(16)15-9-3-5-11-4-2-6-12(11)15;/h10-12H,2-9,14H2,1H3;1H. The average Bonchev–Trinajstić information content (AvgIpc) is 2.73. The van der Waals surface area contributed by atoms with Crippen LogP contribution in [0.25, 0.3) is 0 Å². The van der Waals surface area contributed by atoms with E-state index >= 15 is 0 Å². The highest BCUT2D eigenvalue weighted by molar-refractivity contribution is 5.85. The minimum Gasteiger partial charge on any atom is -0.339 e. The molecule has 2 aliphatic rings. The molecule has 2 rings (SSSR count). The lowest BCUT2D eigenvalue weighted by Gasteiger charge is -2.38. The molecule has 0 radical (unpaired) electrons. The fourth-order valence-electron chi connectivity index (χ4n) is 3.26. The Morgan fingerprint density at radius 1 is 1.35 bits per heavy atom. The van der Waals surface area contributed by atoms with Crippen molar-refractivity contribution in [2.45, 2.75) is 64.0 Å². The van der Waals surface area contributed by atoms with E-state index in [1.54, 1.807) is 0 Å². The van der Waals surface area contributed by atoms with Crippen molar-refractivity contribution in [2.75, 3.05) is 6.54 Å². The number of piperidine rings is 1. The SMILES string of the molecule is CC(N)CCC(=O)N1CCCC2CCCC21.Cl. The number of hydrogen-bond acceptors (Lipinski definition) is 2. The molecule has 0 aromatic rings. The van der Waals surface area contributed by atoms with E-state index < -0.39 is 0 Å². The number of halogens is 1. The van der Waals surface area contributed by atoms with Crippen molar-refractivity contribution < 1.29 is 4.79 Å². The first-order chi connectivity index (χ1) is 7.68. The summed E-state index contributed by atoms with van der Waals surface area (Å²) in [6, 6.07) is 0.711. The van der Waals surface area contributed by atoms with Gasteiger partial charge in [0.1, 0.15) is 0 Å². The quantitative estimate of drug-likeness (QED) is 0.847. The van der Waals surface area contributed by atoms with E-state index in [2.05, 4.69) is 4.90 Å². The molecule has 17 heavy (non-hydrogen) atoms. The molecule has 0 spiro atoms. The number of carbonyl (C=O) groups excluding carboxylic acids is 1. The molecule has 4 heteroatoms. The Morgan fingerprint density at radius 2 is 2.06 bits per heavy atom. The van der Waals surface area contributed by atoms with Gasteiger partial charge in [-0.1, -0.05) is 6.42 Å². The topological polar surface area (TPSA) is 46.3 Å². The van der Waals surface area contributed by atoms with Gasteiger partial charge in [0.25, 0.3) is 0 Å². The zero-order valence-corrected chi connectivity index (χ0v) is 11.5. The zero-order chi connectivity index (χ0) is 11.5. The maximum absolute atomic E-state index is 12.1. The first kappa shape index (κ1) is 14.8. The van der Waals surface area contributed by atoms with Gasteiger partial charge in [-0.25, -0.2) is 0 Å². The summed E-state index contributed by atoms with van der Waals surface area (Å²) in [5.41, 5.74) is 5.71. The van der Waals surface area contributed by atoms with Crippen molar-refractivity contribution in [3.63, 3.8) is 0 Å². The summed E-state index contributed by atoms with van der Waals surface area (Å²) in [5.74, 6) is 1.14. The predicted octanol–water partition coefficient (Wildman–Crippen LogP) is 2.33. The normalized spacial score (nSPS) is 29.4. The molecule has 0 bridgehead atoms. The fraction of sp³-hybridized carbons (Fsp3) is 0.923. The van der Waals surface area contributed by atoms with Crippen molar-refractivity contribution in [3.05, 3.63) is 0 Å². The lowest BCUT2D eigenvalue weighted by Crippen LogP contribution is -2.46. The van der Waals surface area contributed by atoms with Gasteiger partial charge in [0, 0.05) is 25.0 Å². The van der Waals surface area contributed by atoms with Crippen molar-refractivity contribution in [3.8, 4) is 0 Å². The number of nitrogens with two attached hydrogens (primary N) is 1. The highest BCUT2D eigenvalue weighted by Gasteiger charge is 2.36. The third kappa shape index (κ3) is 3.59. The molecule has 1 saturated carbocycles. The molecule has 3 atom stereocenters. The molecule has 1 amide bonds. The van der Waals surface area contributed by atoms with Crippen LogP contribution in [0.15, 0.2) is 0 Å². The largest absolute Gasteiger partial charge is 0.339 e. The second-order valence-electron chi connectivity index (χ2n) is 5.50. The van der Waals surface area contributed by atoms with Gasteiger partial charge in [-0.3, -0.25) is 4.79 Å². The third-order valence-corrected chi connectivity index (χ3v) is 4.13. The van der Waals surface area contributed by atoms with Gasteiger partial charge in [0.05, 0.1) is 0 Å². The number of likely N-dealkylation sites (tertiary alicyclic amines) is 1. The van der Waals surface area contributed by atoms with Crippen LogP contribution in [-0.4, -0.2) is 29.4 Å². The van der Waals surface area contributed by atoms with Crippen LogP contribution in [0, 0.1) is 5.92 Å². The smallest absolute Gasteiger partial charge is 0.222 e. The molecule has 2 N–H and O–H groups in total. The Balaban J connectivity index is 0.00000144. The lowest BCUT2D eigenvalue weighted by molar-refractivity contribution is -0.136. The van der Waals surface area contributed by atoms with E-state index in [9.17, 15) is 4.79 Å². The van der Waals surface area contributed by atoms with Gasteiger partial charge < -0.3 is 10.6 Å². The molecule has 3 nitrogen and oxygen atoms in total. The van der Waals surface area contributed by atoms with E-state index in [0.29, 0.717) is 18.4 Å². The van der Waals surface area contributed by atoms with Gasteiger partial charge in [-0.2, -0.15) is 0 Å². The molecule has 2 fully saturated rings. The molecule has 1 aliphatic heterocycles. The second-order valence-corrected chi connectivity index (χ2v) is 5.50. The number of nitrogens with zero attached hydrogens (tertiary/aromatic N) is 1. The fourth-order valence-corrected chi connectivity index (χ4v) is 3.26. The van der Waals surface area contributed by atoms with Crippen molar-refractivity contribution in [1.29, 1.82) is 0 Å². The Kier molecular flexibility index (Phi) is 5.74. The van der Waals surface area contributed by atoms with E-state index in [1.165, 1.54) is 32.1 Å². The van der Waals surface area contributed by atoms with Crippen LogP contribution in [0.1, 0.15) is 51.9 Å². The van der Waals surface area contributed by atoms with Crippen molar-refractivity contribution >= 4 is 18.3 Å². The average molecular weight is 261 g/mol. The molecule has 0 aromatic carbocycles. The molecule has 100 valence electrons. The molecule has 1 aliphatic carbocycles. The predicted molar refractivity (Wildman–Crippen MR) is 72.2 cm³/mol. The van der Waals surface area contributed by atoms with Crippen LogP contribution in [-0.2, 0) is 4.79 Å². The summed E-state index contributed by atoms with van der Waals surface area (Å²) in [6.07, 6.45) is 7.88. The Labute approximate surface area is 111 Å². The van der Waals surface area contributed by atoms with Crippen molar-refractivity contribution in [2.24, 2.45) is 11.7 Å². The van der Waals surface area contributed by atoms with Crippen LogP contribution in [0.5, 0.6) is 0 Å². The highest BCUT2D eigenvalue weighted by Crippen LogP contribution is 2.37.